The van der Waals surface area contributed by atoms with Gasteiger partial charge in [0.2, 0.25) is 22.8 Å². The molecule has 531 valence electrons. The molecule has 2 aliphatic rings. The van der Waals surface area contributed by atoms with Crippen molar-refractivity contribution in [2.45, 2.75) is 26.2 Å². The number of carbonyl (C=O) groups excluding carboxylic acids is 4. The maximum Gasteiger partial charge on any atom is 3.00 e. The molecule has 0 fully saturated rings. The predicted molar refractivity (Wildman–Crippen MR) is 391 cm³/mol. The molecule has 0 saturated heterocycles. The summed E-state index contributed by atoms with van der Waals surface area (Å²) in [6.45, 7) is -1.07. The van der Waals surface area contributed by atoms with Crippen molar-refractivity contribution in [3.8, 4) is 45.0 Å². The van der Waals surface area contributed by atoms with Gasteiger partial charge >= 0.3 is 40.9 Å². The number of amides is 4. The van der Waals surface area contributed by atoms with Crippen molar-refractivity contribution in [3.63, 3.8) is 0 Å². The molecule has 7 aromatic heterocycles. The first-order valence-corrected chi connectivity index (χ1v) is 33.5. The third-order valence-corrected chi connectivity index (χ3v) is 17.7. The third kappa shape index (κ3) is 16.8. The Hall–Kier alpha value is -13.6. The van der Waals surface area contributed by atoms with Gasteiger partial charge in [-0.2, -0.15) is 18.3 Å². The van der Waals surface area contributed by atoms with Crippen LogP contribution in [0.25, 0.3) is 96.3 Å². The SMILES string of the molecule is O=C(O)CNC(=O)c1ccc(C[n+]2ccccc2-c2c3nc(c(-c4cccc[n+]4Cc4ccc(C(=O)NCC(=O)O)cc4)c4ccc(c(-c5cccc[n+]5Cc5ccc(C(=O)NCC(=O)O)cc5)c5nc(c(-c6cccc[n+]6Cc6ccc(C(=O)NCC(=O)O)cc6)c6ccc2[n-]6)C=C5)n4[N-]Cl)C=C3)cc1.[Fe+3]. The molecule has 2 aliphatic heterocycles. The van der Waals surface area contributed by atoms with E-state index in [9.17, 15) is 58.8 Å². The second-order valence-corrected chi connectivity index (χ2v) is 24.7. The van der Waals surface area contributed by atoms with E-state index in [1.54, 1.807) is 102 Å². The summed E-state index contributed by atoms with van der Waals surface area (Å²) in [5.41, 5.74) is 13.4. The van der Waals surface area contributed by atoms with Crippen LogP contribution in [0.4, 0.5) is 0 Å². The second kappa shape index (κ2) is 32.8. The van der Waals surface area contributed by atoms with Crippen LogP contribution >= 0.6 is 11.8 Å². The number of halogens is 1. The van der Waals surface area contributed by atoms with Crippen LogP contribution in [0, 0.1) is 0 Å². The van der Waals surface area contributed by atoms with Gasteiger partial charge in [-0.1, -0.05) is 60.7 Å². The molecule has 4 aromatic carbocycles. The van der Waals surface area contributed by atoms with Gasteiger partial charge in [-0.25, -0.2) is 21.7 Å². The molecule has 27 heteroatoms. The first-order valence-electron chi connectivity index (χ1n) is 33.2. The van der Waals surface area contributed by atoms with Crippen molar-refractivity contribution in [3.05, 3.63) is 291 Å². The smallest absolute Gasteiger partial charge is 0.656 e. The number of aromatic nitrogens is 8. The molecule has 0 unspecified atom stereocenters. The van der Waals surface area contributed by atoms with Gasteiger partial charge in [-0.3, -0.25) is 38.4 Å². The number of pyridine rings is 4. The molecule has 13 rings (SSSR count). The zero-order valence-electron chi connectivity index (χ0n) is 56.6. The molecule has 107 heavy (non-hydrogen) atoms. The number of carboxylic acids is 4. The fourth-order valence-electron chi connectivity index (χ4n) is 12.6. The Morgan fingerprint density at radius 3 is 0.860 bits per heavy atom. The first kappa shape index (κ1) is 73.2. The van der Waals surface area contributed by atoms with Crippen molar-refractivity contribution in [1.29, 1.82) is 0 Å². The Balaban J connectivity index is 0.0000107. The number of aliphatic carboxylic acids is 4. The van der Waals surface area contributed by atoms with Crippen molar-refractivity contribution in [2.75, 3.05) is 26.2 Å². The molecule has 1 radical (unpaired) electrons. The minimum atomic E-state index is -1.18. The van der Waals surface area contributed by atoms with Gasteiger partial charge < -0.3 is 56.3 Å². The number of rotatable bonds is 25. The van der Waals surface area contributed by atoms with Crippen molar-refractivity contribution in [1.82, 2.24) is 40.9 Å². The van der Waals surface area contributed by atoms with E-state index in [1.807, 2.05) is 164 Å². The summed E-state index contributed by atoms with van der Waals surface area (Å²) in [4.78, 5) is 119. The maximum absolute atomic E-state index is 13.0. The van der Waals surface area contributed by atoms with E-state index >= 15 is 0 Å². The molecule has 0 spiro atoms. The molecule has 9 heterocycles. The van der Waals surface area contributed by atoms with E-state index in [0.29, 0.717) is 89.9 Å². The number of carbonyl (C=O) groups is 8. The molecule has 8 N–H and O–H groups in total. The van der Waals surface area contributed by atoms with Gasteiger partial charge in [0.1, 0.15) is 26.2 Å². The Morgan fingerprint density at radius 1 is 0.355 bits per heavy atom. The number of nitrogens with zero attached hydrogens (tertiary/aromatic N) is 9. The quantitative estimate of drug-likeness (QED) is 0.0197. The van der Waals surface area contributed by atoms with Crippen LogP contribution in [0.3, 0.4) is 0 Å². The summed E-state index contributed by atoms with van der Waals surface area (Å²) in [5.74, 6) is -6.88. The van der Waals surface area contributed by atoms with Crippen LogP contribution in [0.1, 0.15) is 86.5 Å². The number of nitrogens with one attached hydrogen (secondary N) is 4. The van der Waals surface area contributed by atoms with Crippen LogP contribution < -0.4 is 44.5 Å². The number of hydrogen-bond acceptors (Lipinski definition) is 10. The minimum absolute atomic E-state index is 0. The summed E-state index contributed by atoms with van der Waals surface area (Å²) < 4.78 is 9.79. The van der Waals surface area contributed by atoms with Gasteiger partial charge in [0.15, 0.2) is 51.0 Å². The Kier molecular flexibility index (Phi) is 22.5. The van der Waals surface area contributed by atoms with Gasteiger partial charge in [-0.05, 0) is 109 Å². The maximum atomic E-state index is 13.0. The van der Waals surface area contributed by atoms with E-state index in [-0.39, 0.29) is 65.5 Å². The summed E-state index contributed by atoms with van der Waals surface area (Å²) in [6.07, 6.45) is 15.4. The molecule has 25 nitrogen and oxygen atoms in total. The molecule has 0 saturated carbocycles. The summed E-state index contributed by atoms with van der Waals surface area (Å²) in [6, 6.07) is 58.2. The summed E-state index contributed by atoms with van der Waals surface area (Å²) >= 11 is 7.09. The Labute approximate surface area is 625 Å². The van der Waals surface area contributed by atoms with Crippen LogP contribution in [-0.2, 0) is 62.4 Å². The van der Waals surface area contributed by atoms with Crippen molar-refractivity contribution < 1.29 is 94.1 Å². The topological polar surface area (TPSA) is 340 Å². The van der Waals surface area contributed by atoms with Gasteiger partial charge in [-0.15, -0.1) is 11.0 Å². The second-order valence-electron chi connectivity index (χ2n) is 24.6. The van der Waals surface area contributed by atoms with Crippen molar-refractivity contribution in [2.24, 2.45) is 0 Å². The molecular weight excluding hydrogens is 1430 g/mol. The normalized spacial score (nSPS) is 11.3. The zero-order chi connectivity index (χ0) is 74.0. The zero-order valence-corrected chi connectivity index (χ0v) is 58.4. The van der Waals surface area contributed by atoms with Crippen molar-refractivity contribution >= 4 is 106 Å². The predicted octanol–water partition coefficient (Wildman–Crippen LogP) is 8.32. The van der Waals surface area contributed by atoms with E-state index in [2.05, 4.69) is 26.2 Å². The van der Waals surface area contributed by atoms with Gasteiger partial charge in [0.25, 0.3) is 23.6 Å². The standard InChI is InChI=1S/C80H62ClN13O12.Fe/c81-89-94-67-35-36-68(94)76(66-12-4-8-40-93(66)48-52-19-27-56(28-20-52)80(106)85-44-72(101)102)62-34-32-60(88-62)74(64-10-2-6-38-91(64)46-50-15-23-54(24-16-50)78(104)83-42-70(97)98)58-30-29-57(86-58)73(63-9-1-5-37-90(63)45-49-13-21-53(22-14-49)77(103)82-41-69(95)96)59-31-33-61(87-59)75(67)65-11-3-7-39-92(65)47-51-17-25-55(26-18-51)79(105)84-43-71(99)100;/h1-40H,41-48H2,(H6-2,82,83,84,85,95,96,97,98,99,100,101,102,103,104,105,106);/q;+3/p+2. The number of hydrogen-bond donors (Lipinski definition) is 8. The molecular formula is C80H64ClFeN13O12+5. The number of carboxylic acid groups (broad SMARTS) is 4. The van der Waals surface area contributed by atoms with E-state index in [0.717, 1.165) is 22.3 Å². The molecule has 11 aromatic rings. The molecule has 8 bridgehead atoms. The van der Waals surface area contributed by atoms with E-state index < -0.39 is 73.7 Å². The average molecular weight is 1490 g/mol. The Bertz CT molecular complexity index is 5250. The van der Waals surface area contributed by atoms with Crippen LogP contribution in [0.5, 0.6) is 0 Å². The largest absolute Gasteiger partial charge is 3.00 e. The Morgan fingerprint density at radius 2 is 0.607 bits per heavy atom. The number of benzene rings is 4. The first-order chi connectivity index (χ1) is 51.4. The minimum Gasteiger partial charge on any atom is -0.656 e. The third-order valence-electron chi connectivity index (χ3n) is 17.6. The number of fused-ring (bicyclic) bond motifs is 8. The summed E-state index contributed by atoms with van der Waals surface area (Å²) in [7, 11) is 0. The van der Waals surface area contributed by atoms with Gasteiger partial charge in [0.05, 0.1) is 45.0 Å². The fourth-order valence-corrected chi connectivity index (χ4v) is 12.8. The molecule has 0 aliphatic carbocycles. The van der Waals surface area contributed by atoms with Crippen LogP contribution in [0.15, 0.2) is 219 Å². The van der Waals surface area contributed by atoms with E-state index in [4.69, 9.17) is 26.7 Å². The monoisotopic (exact) mass is 1490 g/mol. The van der Waals surface area contributed by atoms with Gasteiger partial charge in [0, 0.05) is 104 Å². The van der Waals surface area contributed by atoms with Crippen LogP contribution in [0.2, 0.25) is 0 Å². The van der Waals surface area contributed by atoms with E-state index in [1.165, 1.54) is 0 Å². The summed E-state index contributed by atoms with van der Waals surface area (Å²) in [5, 5.41) is 46.7. The fraction of sp³-hybridized carbons (Fsp3) is 0.100. The average Bonchev–Trinajstić information content (AvgIpc) is 1.61. The van der Waals surface area contributed by atoms with Crippen LogP contribution in [-0.4, -0.2) is 109 Å². The molecule has 0 atom stereocenters. The molecule has 4 amide bonds.